The molecule has 0 aliphatic carbocycles. The highest BCUT2D eigenvalue weighted by Gasteiger charge is 2.42. The molecule has 0 amide bonds. The number of ether oxygens (including phenoxy) is 1. The maximum atomic E-state index is 11.3. The lowest BCUT2D eigenvalue weighted by Gasteiger charge is -2.43. The molecule has 1 fully saturated rings. The molecular weight excluding hydrogens is 338 g/mol. The van der Waals surface area contributed by atoms with Gasteiger partial charge in [-0.2, -0.15) is 5.10 Å². The van der Waals surface area contributed by atoms with Crippen molar-refractivity contribution >= 4 is 17.3 Å². The van der Waals surface area contributed by atoms with Gasteiger partial charge in [0, 0.05) is 35.8 Å². The lowest BCUT2D eigenvalue weighted by atomic mass is 9.85. The number of thiophene rings is 1. The maximum Gasteiger partial charge on any atom is 0.345 e. The van der Waals surface area contributed by atoms with Crippen LogP contribution >= 0.6 is 11.3 Å². The van der Waals surface area contributed by atoms with Crippen LogP contribution < -0.4 is 0 Å². The molecule has 0 saturated carbocycles. The fraction of sp³-hybridized carbons (Fsp3) is 0.556. The van der Waals surface area contributed by atoms with Crippen molar-refractivity contribution in [3.8, 4) is 0 Å². The predicted molar refractivity (Wildman–Crippen MR) is 95.2 cm³/mol. The Hall–Kier alpha value is -1.70. The van der Waals surface area contributed by atoms with Gasteiger partial charge in [0.25, 0.3) is 0 Å². The number of piperidine rings is 1. The molecule has 2 N–H and O–H groups in total. The van der Waals surface area contributed by atoms with Gasteiger partial charge in [0.15, 0.2) is 0 Å². The standard InChI is InChI=1S/C18H23N3O3S/c1-11-14(12(2)20-19-11)10-21-6-4-18(5-7-21)16-13(3-8-24-18)9-15(25-16)17(22)23/h9H,3-8,10H2,1-2H3,(H,19,20)(H,22,23). The highest BCUT2D eigenvalue weighted by atomic mass is 32.1. The van der Waals surface area contributed by atoms with Crippen molar-refractivity contribution in [3.05, 3.63) is 38.3 Å². The van der Waals surface area contributed by atoms with E-state index in [1.165, 1.54) is 22.5 Å². The lowest BCUT2D eigenvalue weighted by Crippen LogP contribution is -2.45. The van der Waals surface area contributed by atoms with E-state index in [0.717, 1.165) is 55.2 Å². The third-order valence-corrected chi connectivity index (χ3v) is 6.86. The summed E-state index contributed by atoms with van der Waals surface area (Å²) in [5, 5.41) is 16.6. The molecule has 7 heteroatoms. The molecule has 134 valence electrons. The number of likely N-dealkylation sites (tertiary alicyclic amines) is 1. The van der Waals surface area contributed by atoms with E-state index < -0.39 is 5.97 Å². The van der Waals surface area contributed by atoms with Crippen molar-refractivity contribution in [1.82, 2.24) is 15.1 Å². The second-order valence-electron chi connectivity index (χ2n) is 7.05. The Labute approximate surface area is 150 Å². The molecule has 4 rings (SSSR count). The molecule has 0 aromatic carbocycles. The van der Waals surface area contributed by atoms with Crippen LogP contribution in [0.15, 0.2) is 6.07 Å². The summed E-state index contributed by atoms with van der Waals surface area (Å²) < 4.78 is 6.23. The first-order valence-electron chi connectivity index (χ1n) is 8.72. The summed E-state index contributed by atoms with van der Waals surface area (Å²) in [6.45, 7) is 7.59. The highest BCUT2D eigenvalue weighted by Crippen LogP contribution is 2.45. The van der Waals surface area contributed by atoms with Crippen LogP contribution in [0.1, 0.15) is 49.9 Å². The maximum absolute atomic E-state index is 11.3. The quantitative estimate of drug-likeness (QED) is 0.879. The van der Waals surface area contributed by atoms with Crippen LogP contribution in [0.3, 0.4) is 0 Å². The summed E-state index contributed by atoms with van der Waals surface area (Å²) in [7, 11) is 0. The predicted octanol–water partition coefficient (Wildman–Crippen LogP) is 2.85. The SMILES string of the molecule is Cc1n[nH]c(C)c1CN1CCC2(CC1)OCCc1cc(C(=O)O)sc12. The molecule has 2 aliphatic rings. The molecule has 2 aromatic heterocycles. The highest BCUT2D eigenvalue weighted by molar-refractivity contribution is 7.14. The second-order valence-corrected chi connectivity index (χ2v) is 8.10. The van der Waals surface area contributed by atoms with Crippen molar-refractivity contribution < 1.29 is 14.6 Å². The van der Waals surface area contributed by atoms with E-state index >= 15 is 0 Å². The number of carbonyl (C=O) groups is 1. The Morgan fingerprint density at radius 1 is 1.44 bits per heavy atom. The summed E-state index contributed by atoms with van der Waals surface area (Å²) in [4.78, 5) is 15.4. The molecule has 25 heavy (non-hydrogen) atoms. The summed E-state index contributed by atoms with van der Waals surface area (Å²) in [6.07, 6.45) is 2.64. The fourth-order valence-corrected chi connectivity index (χ4v) is 5.25. The van der Waals surface area contributed by atoms with Crippen LogP contribution in [-0.4, -0.2) is 45.9 Å². The fourth-order valence-electron chi connectivity index (χ4n) is 4.00. The minimum Gasteiger partial charge on any atom is -0.477 e. The zero-order chi connectivity index (χ0) is 17.6. The van der Waals surface area contributed by atoms with E-state index in [4.69, 9.17) is 4.74 Å². The normalized spacial score (nSPS) is 19.9. The molecule has 6 nitrogen and oxygen atoms in total. The number of carboxylic acid groups (broad SMARTS) is 1. The molecule has 0 bridgehead atoms. The Kier molecular flexibility index (Phi) is 4.17. The number of carboxylic acids is 1. The van der Waals surface area contributed by atoms with E-state index in [-0.39, 0.29) is 5.60 Å². The zero-order valence-corrected chi connectivity index (χ0v) is 15.4. The van der Waals surface area contributed by atoms with Crippen LogP contribution in [0.25, 0.3) is 0 Å². The van der Waals surface area contributed by atoms with Crippen LogP contribution in [0.4, 0.5) is 0 Å². The largest absolute Gasteiger partial charge is 0.477 e. The Morgan fingerprint density at radius 2 is 2.20 bits per heavy atom. The molecule has 2 aliphatic heterocycles. The number of aromatic amines is 1. The zero-order valence-electron chi connectivity index (χ0n) is 14.6. The second kappa shape index (κ2) is 6.23. The van der Waals surface area contributed by atoms with Gasteiger partial charge in [-0.05, 0) is 44.7 Å². The minimum atomic E-state index is -0.835. The summed E-state index contributed by atoms with van der Waals surface area (Å²) >= 11 is 1.40. The molecule has 1 spiro atoms. The number of aromatic carboxylic acids is 1. The number of nitrogens with zero attached hydrogens (tertiary/aromatic N) is 2. The number of H-pyrrole nitrogens is 1. The monoisotopic (exact) mass is 361 g/mol. The van der Waals surface area contributed by atoms with Gasteiger partial charge in [0.05, 0.1) is 12.3 Å². The number of hydrogen-bond acceptors (Lipinski definition) is 5. The molecule has 0 atom stereocenters. The first-order chi connectivity index (χ1) is 12.0. The van der Waals surface area contributed by atoms with Gasteiger partial charge in [-0.15, -0.1) is 11.3 Å². The number of aryl methyl sites for hydroxylation is 2. The van der Waals surface area contributed by atoms with E-state index in [2.05, 4.69) is 22.0 Å². The van der Waals surface area contributed by atoms with Gasteiger partial charge in [-0.1, -0.05) is 0 Å². The lowest BCUT2D eigenvalue weighted by molar-refractivity contribution is -0.0961. The molecule has 4 heterocycles. The van der Waals surface area contributed by atoms with Crippen molar-refractivity contribution in [2.75, 3.05) is 19.7 Å². The van der Waals surface area contributed by atoms with Crippen molar-refractivity contribution in [2.24, 2.45) is 0 Å². The van der Waals surface area contributed by atoms with E-state index in [1.807, 2.05) is 13.0 Å². The topological polar surface area (TPSA) is 78.5 Å². The van der Waals surface area contributed by atoms with Crippen molar-refractivity contribution in [3.63, 3.8) is 0 Å². The van der Waals surface area contributed by atoms with Crippen LogP contribution in [-0.2, 0) is 23.3 Å². The van der Waals surface area contributed by atoms with E-state index in [1.54, 1.807) is 0 Å². The first-order valence-corrected chi connectivity index (χ1v) is 9.53. The van der Waals surface area contributed by atoms with Gasteiger partial charge in [-0.3, -0.25) is 10.00 Å². The average molecular weight is 361 g/mol. The number of rotatable bonds is 3. The third kappa shape index (κ3) is 2.90. The molecule has 0 unspecified atom stereocenters. The number of aromatic nitrogens is 2. The molecular formula is C18H23N3O3S. The van der Waals surface area contributed by atoms with E-state index in [9.17, 15) is 9.90 Å². The molecule has 2 aromatic rings. The summed E-state index contributed by atoms with van der Waals surface area (Å²) in [5.41, 5.74) is 4.37. The number of hydrogen-bond donors (Lipinski definition) is 2. The van der Waals surface area contributed by atoms with Crippen LogP contribution in [0, 0.1) is 13.8 Å². The van der Waals surface area contributed by atoms with Crippen LogP contribution in [0.5, 0.6) is 0 Å². The summed E-state index contributed by atoms with van der Waals surface area (Å²) in [5.74, 6) is -0.835. The molecule has 1 saturated heterocycles. The van der Waals surface area contributed by atoms with Gasteiger partial charge >= 0.3 is 5.97 Å². The Morgan fingerprint density at radius 3 is 2.84 bits per heavy atom. The first kappa shape index (κ1) is 16.8. The third-order valence-electron chi connectivity index (χ3n) is 5.51. The van der Waals surface area contributed by atoms with Gasteiger partial charge < -0.3 is 9.84 Å². The number of nitrogens with one attached hydrogen (secondary N) is 1. The van der Waals surface area contributed by atoms with Crippen molar-refractivity contribution in [1.29, 1.82) is 0 Å². The van der Waals surface area contributed by atoms with Crippen LogP contribution in [0.2, 0.25) is 0 Å². The van der Waals surface area contributed by atoms with Gasteiger partial charge in [0.1, 0.15) is 10.5 Å². The van der Waals surface area contributed by atoms with Gasteiger partial charge in [-0.25, -0.2) is 4.79 Å². The summed E-state index contributed by atoms with van der Waals surface area (Å²) in [6, 6.07) is 1.84. The number of fused-ring (bicyclic) bond motifs is 2. The van der Waals surface area contributed by atoms with Crippen molar-refractivity contribution in [2.45, 2.75) is 45.3 Å². The minimum absolute atomic E-state index is 0.289. The Bertz CT molecular complexity index is 783. The smallest absolute Gasteiger partial charge is 0.345 e. The van der Waals surface area contributed by atoms with E-state index in [0.29, 0.717) is 11.5 Å². The van der Waals surface area contributed by atoms with Gasteiger partial charge in [0.2, 0.25) is 0 Å². The average Bonchev–Trinajstić information content (AvgIpc) is 3.17. The Balaban J connectivity index is 1.51. The molecule has 0 radical (unpaired) electrons.